The van der Waals surface area contributed by atoms with Gasteiger partial charge in [0.1, 0.15) is 0 Å². The number of hydrogen-bond donors (Lipinski definition) is 2. The average molecular weight is 345 g/mol. The van der Waals surface area contributed by atoms with Gasteiger partial charge in [-0.25, -0.2) is 4.98 Å². The summed E-state index contributed by atoms with van der Waals surface area (Å²) >= 11 is 0. The van der Waals surface area contributed by atoms with E-state index in [2.05, 4.69) is 23.1 Å². The first-order valence-electron chi connectivity index (χ1n) is 9.05. The van der Waals surface area contributed by atoms with Gasteiger partial charge in [0.25, 0.3) is 0 Å². The Labute approximate surface area is 151 Å². The maximum absolute atomic E-state index is 11.5. The SMILES string of the molecule is C=C/C=C\C1=C(C)CCc2c(CC(CCCN)C(=O)O)ncn21.CC. The first-order valence-corrected chi connectivity index (χ1v) is 9.05. The Bertz CT molecular complexity index is 641. The Morgan fingerprint density at radius 3 is 2.80 bits per heavy atom. The van der Waals surface area contributed by atoms with Crippen molar-refractivity contribution in [2.45, 2.75) is 52.9 Å². The number of carbonyl (C=O) groups is 1. The van der Waals surface area contributed by atoms with Gasteiger partial charge in [0.2, 0.25) is 0 Å². The fraction of sp³-hybridized carbons (Fsp3) is 0.500. The molecule has 3 N–H and O–H groups in total. The summed E-state index contributed by atoms with van der Waals surface area (Å²) in [5.74, 6) is -1.19. The zero-order valence-corrected chi connectivity index (χ0v) is 15.7. The van der Waals surface area contributed by atoms with E-state index in [1.54, 1.807) is 12.4 Å². The van der Waals surface area contributed by atoms with Gasteiger partial charge in [0.05, 0.1) is 17.9 Å². The minimum absolute atomic E-state index is 0.419. The minimum atomic E-state index is -0.769. The summed E-state index contributed by atoms with van der Waals surface area (Å²) in [6.07, 6.45) is 11.1. The van der Waals surface area contributed by atoms with Crippen molar-refractivity contribution < 1.29 is 9.90 Å². The van der Waals surface area contributed by atoms with Crippen LogP contribution in [-0.4, -0.2) is 27.2 Å². The molecule has 1 aliphatic heterocycles. The second-order valence-corrected chi connectivity index (χ2v) is 5.94. The highest BCUT2D eigenvalue weighted by Crippen LogP contribution is 2.29. The molecule has 0 aromatic carbocycles. The largest absolute Gasteiger partial charge is 0.481 e. The highest BCUT2D eigenvalue weighted by molar-refractivity contribution is 5.70. The number of hydrogen-bond acceptors (Lipinski definition) is 3. The lowest BCUT2D eigenvalue weighted by Gasteiger charge is -2.20. The summed E-state index contributed by atoms with van der Waals surface area (Å²) in [6.45, 7) is 10.3. The Balaban J connectivity index is 0.00000151. The van der Waals surface area contributed by atoms with Crippen molar-refractivity contribution in [3.8, 4) is 0 Å². The summed E-state index contributed by atoms with van der Waals surface area (Å²) in [6, 6.07) is 0. The van der Waals surface area contributed by atoms with E-state index in [0.717, 1.165) is 36.3 Å². The molecule has 0 radical (unpaired) electrons. The minimum Gasteiger partial charge on any atom is -0.481 e. The van der Waals surface area contributed by atoms with Crippen molar-refractivity contribution in [3.05, 3.63) is 48.1 Å². The first-order chi connectivity index (χ1) is 12.1. The predicted octanol–water partition coefficient (Wildman–Crippen LogP) is 3.81. The Morgan fingerprint density at radius 2 is 2.20 bits per heavy atom. The molecule has 1 unspecified atom stereocenters. The molecule has 1 aliphatic rings. The molecule has 0 amide bonds. The third-order valence-electron chi connectivity index (χ3n) is 4.32. The number of nitrogens with two attached hydrogens (primary N) is 1. The lowest BCUT2D eigenvalue weighted by Crippen LogP contribution is -2.19. The summed E-state index contributed by atoms with van der Waals surface area (Å²) < 4.78 is 2.08. The van der Waals surface area contributed by atoms with Crippen molar-refractivity contribution in [2.75, 3.05) is 6.54 Å². The van der Waals surface area contributed by atoms with Gasteiger partial charge in [-0.2, -0.15) is 0 Å². The topological polar surface area (TPSA) is 81.1 Å². The second kappa shape index (κ2) is 10.7. The third kappa shape index (κ3) is 5.43. The molecular formula is C20H31N3O2. The molecule has 0 bridgehead atoms. The van der Waals surface area contributed by atoms with E-state index in [0.29, 0.717) is 19.4 Å². The van der Waals surface area contributed by atoms with E-state index < -0.39 is 11.9 Å². The van der Waals surface area contributed by atoms with Crippen LogP contribution in [0.3, 0.4) is 0 Å². The van der Waals surface area contributed by atoms with Crippen LogP contribution in [0.25, 0.3) is 5.70 Å². The number of aromatic nitrogens is 2. The van der Waals surface area contributed by atoms with Gasteiger partial charge < -0.3 is 15.4 Å². The van der Waals surface area contributed by atoms with Crippen LogP contribution in [0.15, 0.2) is 36.7 Å². The maximum atomic E-state index is 11.5. The monoisotopic (exact) mass is 345 g/mol. The van der Waals surface area contributed by atoms with Crippen molar-refractivity contribution in [3.63, 3.8) is 0 Å². The lowest BCUT2D eigenvalue weighted by atomic mass is 9.94. The van der Waals surface area contributed by atoms with Crippen LogP contribution in [0, 0.1) is 5.92 Å². The summed E-state index contributed by atoms with van der Waals surface area (Å²) in [4.78, 5) is 15.9. The summed E-state index contributed by atoms with van der Waals surface area (Å²) in [5.41, 5.74) is 9.94. The molecule has 1 aromatic heterocycles. The molecule has 1 atom stereocenters. The summed E-state index contributed by atoms with van der Waals surface area (Å²) in [7, 11) is 0. The number of nitrogens with zero attached hydrogens (tertiary/aromatic N) is 2. The van der Waals surface area contributed by atoms with E-state index >= 15 is 0 Å². The number of imidazole rings is 1. The Kier molecular flexibility index (Phi) is 8.92. The van der Waals surface area contributed by atoms with Crippen LogP contribution in [-0.2, 0) is 17.6 Å². The van der Waals surface area contributed by atoms with Gasteiger partial charge in [-0.05, 0) is 50.8 Å². The van der Waals surface area contributed by atoms with Crippen LogP contribution in [0.2, 0.25) is 0 Å². The molecule has 0 aliphatic carbocycles. The molecule has 0 spiro atoms. The smallest absolute Gasteiger partial charge is 0.306 e. The van der Waals surface area contributed by atoms with Gasteiger partial charge in [0, 0.05) is 17.8 Å². The summed E-state index contributed by atoms with van der Waals surface area (Å²) in [5, 5.41) is 9.41. The van der Waals surface area contributed by atoms with Crippen LogP contribution in [0.5, 0.6) is 0 Å². The van der Waals surface area contributed by atoms with Crippen LogP contribution < -0.4 is 5.73 Å². The number of aliphatic carboxylic acids is 1. The first kappa shape index (κ1) is 20.9. The van der Waals surface area contributed by atoms with Gasteiger partial charge in [0.15, 0.2) is 0 Å². The molecular weight excluding hydrogens is 314 g/mol. The van der Waals surface area contributed by atoms with Crippen molar-refractivity contribution in [1.82, 2.24) is 9.55 Å². The van der Waals surface area contributed by atoms with Gasteiger partial charge in [-0.15, -0.1) is 0 Å². The van der Waals surface area contributed by atoms with Gasteiger partial charge >= 0.3 is 5.97 Å². The number of allylic oxidation sites excluding steroid dienone is 5. The molecule has 1 aromatic rings. The molecule has 5 heteroatoms. The molecule has 0 saturated heterocycles. The highest BCUT2D eigenvalue weighted by atomic mass is 16.4. The normalized spacial score (nSPS) is 14.7. The zero-order valence-electron chi connectivity index (χ0n) is 15.7. The van der Waals surface area contributed by atoms with Gasteiger partial charge in [-0.1, -0.05) is 32.6 Å². The van der Waals surface area contributed by atoms with Crippen molar-refractivity contribution >= 4 is 11.7 Å². The molecule has 0 saturated carbocycles. The number of carboxylic acid groups (broad SMARTS) is 1. The molecule has 5 nitrogen and oxygen atoms in total. The predicted molar refractivity (Wildman–Crippen MR) is 103 cm³/mol. The fourth-order valence-electron chi connectivity index (χ4n) is 2.99. The second-order valence-electron chi connectivity index (χ2n) is 5.94. The average Bonchev–Trinajstić information content (AvgIpc) is 3.02. The quantitative estimate of drug-likeness (QED) is 0.702. The van der Waals surface area contributed by atoms with E-state index in [4.69, 9.17) is 5.73 Å². The number of fused-ring (bicyclic) bond motifs is 1. The highest BCUT2D eigenvalue weighted by Gasteiger charge is 2.24. The van der Waals surface area contributed by atoms with E-state index in [9.17, 15) is 9.90 Å². The molecule has 25 heavy (non-hydrogen) atoms. The van der Waals surface area contributed by atoms with E-state index in [-0.39, 0.29) is 0 Å². The standard InChI is InChI=1S/C18H25N3O2.C2H6/c1-3-4-7-16-13(2)8-9-17-15(20-12-21(16)17)11-14(18(22)23)6-5-10-19;1-2/h3-4,7,12,14H,1,5-6,8-11,19H2,2H3,(H,22,23);1-2H3/b7-4-;. The molecule has 138 valence electrons. The van der Waals surface area contributed by atoms with Crippen molar-refractivity contribution in [2.24, 2.45) is 11.7 Å². The van der Waals surface area contributed by atoms with Crippen molar-refractivity contribution in [1.29, 1.82) is 0 Å². The van der Waals surface area contributed by atoms with Crippen LogP contribution >= 0.6 is 0 Å². The molecule has 0 fully saturated rings. The lowest BCUT2D eigenvalue weighted by molar-refractivity contribution is -0.142. The van der Waals surface area contributed by atoms with Crippen LogP contribution in [0.4, 0.5) is 0 Å². The third-order valence-corrected chi connectivity index (χ3v) is 4.32. The van der Waals surface area contributed by atoms with Crippen LogP contribution in [0.1, 0.15) is 51.4 Å². The Morgan fingerprint density at radius 1 is 1.48 bits per heavy atom. The van der Waals surface area contributed by atoms with E-state index in [1.807, 2.05) is 26.0 Å². The van der Waals surface area contributed by atoms with Gasteiger partial charge in [-0.3, -0.25) is 4.79 Å². The van der Waals surface area contributed by atoms with E-state index in [1.165, 1.54) is 5.57 Å². The number of rotatable bonds is 8. The number of carboxylic acids is 1. The molecule has 2 heterocycles. The fourth-order valence-corrected chi connectivity index (χ4v) is 2.99. The Hall–Kier alpha value is -2.14. The maximum Gasteiger partial charge on any atom is 0.306 e. The zero-order chi connectivity index (χ0) is 18.8. The molecule has 2 rings (SSSR count).